The van der Waals surface area contributed by atoms with Crippen molar-refractivity contribution < 1.29 is 26.3 Å². The molecule has 1 aliphatic carbocycles. The molecule has 6 nitrogen and oxygen atoms in total. The van der Waals surface area contributed by atoms with Crippen LogP contribution in [0, 0.1) is 0 Å². The van der Waals surface area contributed by atoms with Gasteiger partial charge in [0, 0.05) is 30.3 Å². The standard InChI is InChI=1S/C25H30F3N3O3S/c1-16(30-35(32,33)17-8-7-9-17)20-14-31(15-24(2,3)34-4)23-18(20)12-13-22(29-23)19-10-5-6-11-21(19)25(26,27)28/h5-6,10-14,16-17,30H,7-9,15H2,1-4H3. The largest absolute Gasteiger partial charge is 0.417 e. The van der Waals surface area contributed by atoms with Crippen molar-refractivity contribution in [3.63, 3.8) is 0 Å². The van der Waals surface area contributed by atoms with Crippen LogP contribution in [0.5, 0.6) is 0 Å². The van der Waals surface area contributed by atoms with Crippen LogP contribution >= 0.6 is 0 Å². The minimum atomic E-state index is -4.52. The van der Waals surface area contributed by atoms with Gasteiger partial charge in [-0.15, -0.1) is 0 Å². The first-order chi connectivity index (χ1) is 16.3. The molecular weight excluding hydrogens is 479 g/mol. The summed E-state index contributed by atoms with van der Waals surface area (Å²) < 4.78 is 76.6. The summed E-state index contributed by atoms with van der Waals surface area (Å²) in [7, 11) is -1.89. The summed E-state index contributed by atoms with van der Waals surface area (Å²) in [5.41, 5.74) is 0.00545. The van der Waals surface area contributed by atoms with Crippen molar-refractivity contribution in [1.82, 2.24) is 14.3 Å². The number of hydrogen-bond acceptors (Lipinski definition) is 4. The van der Waals surface area contributed by atoms with E-state index in [1.165, 1.54) is 12.1 Å². The second-order valence-corrected chi connectivity index (χ2v) is 11.7. The molecule has 1 aliphatic rings. The normalized spacial score (nSPS) is 16.4. The maximum Gasteiger partial charge on any atom is 0.417 e. The number of nitrogens with one attached hydrogen (secondary N) is 1. The highest BCUT2D eigenvalue weighted by atomic mass is 32.2. The number of aromatic nitrogens is 2. The van der Waals surface area contributed by atoms with Gasteiger partial charge in [-0.1, -0.05) is 24.6 Å². The van der Waals surface area contributed by atoms with Crippen LogP contribution in [0.15, 0.2) is 42.6 Å². The van der Waals surface area contributed by atoms with Gasteiger partial charge < -0.3 is 9.30 Å². The number of halogens is 3. The third-order valence-corrected chi connectivity index (χ3v) is 8.69. The minimum absolute atomic E-state index is 0.0130. The Bertz CT molecular complexity index is 1330. The van der Waals surface area contributed by atoms with Gasteiger partial charge >= 0.3 is 6.18 Å². The van der Waals surface area contributed by atoms with E-state index in [-0.39, 0.29) is 16.5 Å². The van der Waals surface area contributed by atoms with E-state index in [1.54, 1.807) is 32.2 Å². The number of ether oxygens (including phenoxy) is 1. The van der Waals surface area contributed by atoms with Crippen molar-refractivity contribution in [2.75, 3.05) is 7.11 Å². The highest BCUT2D eigenvalue weighted by molar-refractivity contribution is 7.90. The number of sulfonamides is 1. The van der Waals surface area contributed by atoms with Crippen molar-refractivity contribution in [2.45, 2.75) is 69.6 Å². The van der Waals surface area contributed by atoms with Crippen LogP contribution in [0.4, 0.5) is 13.2 Å². The van der Waals surface area contributed by atoms with E-state index in [1.807, 2.05) is 24.6 Å². The van der Waals surface area contributed by atoms with Gasteiger partial charge in [-0.2, -0.15) is 13.2 Å². The lowest BCUT2D eigenvalue weighted by molar-refractivity contribution is -0.137. The van der Waals surface area contributed by atoms with Crippen LogP contribution in [0.25, 0.3) is 22.3 Å². The summed E-state index contributed by atoms with van der Waals surface area (Å²) in [6.45, 7) is 5.93. The molecule has 1 aromatic carbocycles. The Kier molecular flexibility index (Phi) is 6.76. The van der Waals surface area contributed by atoms with E-state index in [0.717, 1.165) is 12.5 Å². The molecule has 1 saturated carbocycles. The van der Waals surface area contributed by atoms with Crippen molar-refractivity contribution in [3.05, 3.63) is 53.7 Å². The average Bonchev–Trinajstić information content (AvgIpc) is 3.08. The number of benzene rings is 1. The van der Waals surface area contributed by atoms with Gasteiger partial charge in [0.2, 0.25) is 10.0 Å². The van der Waals surface area contributed by atoms with E-state index in [0.29, 0.717) is 36.0 Å². The van der Waals surface area contributed by atoms with E-state index < -0.39 is 33.4 Å². The van der Waals surface area contributed by atoms with Crippen LogP contribution in [-0.4, -0.2) is 35.9 Å². The van der Waals surface area contributed by atoms with Crippen molar-refractivity contribution >= 4 is 21.1 Å². The molecule has 35 heavy (non-hydrogen) atoms. The van der Waals surface area contributed by atoms with Crippen LogP contribution in [-0.2, 0) is 27.5 Å². The zero-order chi connectivity index (χ0) is 25.6. The maximum atomic E-state index is 13.6. The van der Waals surface area contributed by atoms with Crippen LogP contribution in [0.1, 0.15) is 57.2 Å². The summed E-state index contributed by atoms with van der Waals surface area (Å²) in [5.74, 6) is 0. The van der Waals surface area contributed by atoms with Crippen LogP contribution in [0.3, 0.4) is 0 Å². The molecule has 1 atom stereocenters. The molecule has 190 valence electrons. The van der Waals surface area contributed by atoms with Gasteiger partial charge in [0.1, 0.15) is 5.65 Å². The lowest BCUT2D eigenvalue weighted by Gasteiger charge is -2.27. The smallest absolute Gasteiger partial charge is 0.377 e. The first-order valence-corrected chi connectivity index (χ1v) is 13.1. The SMILES string of the molecule is COC(C)(C)Cn1cc(C(C)NS(=O)(=O)C2CCC2)c2ccc(-c3ccccc3C(F)(F)F)nc21. The number of alkyl halides is 3. The van der Waals surface area contributed by atoms with Gasteiger partial charge in [-0.25, -0.2) is 18.1 Å². The maximum absolute atomic E-state index is 13.6. The van der Waals surface area contributed by atoms with E-state index in [2.05, 4.69) is 9.71 Å². The Morgan fingerprint density at radius 1 is 1.17 bits per heavy atom. The third kappa shape index (κ3) is 5.24. The second kappa shape index (κ2) is 9.22. The highest BCUT2D eigenvalue weighted by Gasteiger charge is 2.35. The highest BCUT2D eigenvalue weighted by Crippen LogP contribution is 2.38. The summed E-state index contributed by atoms with van der Waals surface area (Å²) in [6.07, 6.45) is -0.513. The number of nitrogens with zero attached hydrogens (tertiary/aromatic N) is 2. The number of rotatable bonds is 8. The van der Waals surface area contributed by atoms with Crippen molar-refractivity contribution in [1.29, 1.82) is 0 Å². The molecule has 0 radical (unpaired) electrons. The lowest BCUT2D eigenvalue weighted by atomic mass is 10.0. The molecular formula is C25H30F3N3O3S. The Morgan fingerprint density at radius 2 is 1.86 bits per heavy atom. The molecule has 0 amide bonds. The first kappa shape index (κ1) is 25.7. The fourth-order valence-corrected chi connectivity index (χ4v) is 6.09. The van der Waals surface area contributed by atoms with Gasteiger partial charge in [-0.3, -0.25) is 0 Å². The van der Waals surface area contributed by atoms with Crippen molar-refractivity contribution in [2.24, 2.45) is 0 Å². The van der Waals surface area contributed by atoms with Crippen LogP contribution < -0.4 is 4.72 Å². The monoisotopic (exact) mass is 509 g/mol. The molecule has 2 heterocycles. The second-order valence-electron chi connectivity index (χ2n) is 9.72. The topological polar surface area (TPSA) is 73.2 Å². The van der Waals surface area contributed by atoms with Gasteiger partial charge in [0.05, 0.1) is 28.7 Å². The van der Waals surface area contributed by atoms with E-state index >= 15 is 0 Å². The van der Waals surface area contributed by atoms with Gasteiger partial charge in [0.15, 0.2) is 0 Å². The fraction of sp³-hybridized carbons (Fsp3) is 0.480. The third-order valence-electron chi connectivity index (χ3n) is 6.66. The Hall–Kier alpha value is -2.43. The Balaban J connectivity index is 1.82. The quantitative estimate of drug-likeness (QED) is 0.424. The molecule has 2 aromatic heterocycles. The molecule has 1 N–H and O–H groups in total. The summed E-state index contributed by atoms with van der Waals surface area (Å²) >= 11 is 0. The van der Waals surface area contributed by atoms with Gasteiger partial charge in [0.25, 0.3) is 0 Å². The molecule has 1 unspecified atom stereocenters. The van der Waals surface area contributed by atoms with Crippen LogP contribution in [0.2, 0.25) is 0 Å². The summed E-state index contributed by atoms with van der Waals surface area (Å²) in [5, 5.41) is 0.295. The minimum Gasteiger partial charge on any atom is -0.377 e. The Morgan fingerprint density at radius 3 is 2.46 bits per heavy atom. The molecule has 0 bridgehead atoms. The molecule has 1 fully saturated rings. The summed E-state index contributed by atoms with van der Waals surface area (Å²) in [6, 6.07) is 8.07. The van der Waals surface area contributed by atoms with Crippen molar-refractivity contribution in [3.8, 4) is 11.3 Å². The predicted molar refractivity (Wildman–Crippen MR) is 129 cm³/mol. The van der Waals surface area contributed by atoms with E-state index in [9.17, 15) is 21.6 Å². The molecule has 0 spiro atoms. The zero-order valence-electron chi connectivity index (χ0n) is 20.2. The molecule has 10 heteroatoms. The fourth-order valence-electron chi connectivity index (χ4n) is 4.32. The number of hydrogen-bond donors (Lipinski definition) is 1. The van der Waals surface area contributed by atoms with E-state index in [4.69, 9.17) is 4.74 Å². The zero-order valence-corrected chi connectivity index (χ0v) is 21.0. The Labute approximate surface area is 203 Å². The predicted octanol–water partition coefficient (Wildman–Crippen LogP) is 5.68. The van der Waals surface area contributed by atoms with Gasteiger partial charge in [-0.05, 0) is 57.4 Å². The number of methoxy groups -OCH3 is 1. The number of fused-ring (bicyclic) bond motifs is 1. The average molecular weight is 510 g/mol. The molecule has 0 aliphatic heterocycles. The molecule has 0 saturated heterocycles. The first-order valence-electron chi connectivity index (χ1n) is 11.5. The lowest BCUT2D eigenvalue weighted by Crippen LogP contribution is -2.39. The molecule has 4 rings (SSSR count). The number of pyridine rings is 1. The molecule has 3 aromatic rings. The summed E-state index contributed by atoms with van der Waals surface area (Å²) in [4.78, 5) is 4.63.